The number of aromatic nitrogens is 1. The van der Waals surface area contributed by atoms with E-state index >= 15 is 4.39 Å². The van der Waals surface area contributed by atoms with E-state index in [4.69, 9.17) is 5.73 Å². The highest BCUT2D eigenvalue weighted by Gasteiger charge is 2.46. The molecule has 2 aromatic rings. The molecule has 0 saturated heterocycles. The first kappa shape index (κ1) is 17.9. The van der Waals surface area contributed by atoms with Crippen LogP contribution in [0.1, 0.15) is 37.9 Å². The Labute approximate surface area is 145 Å². The summed E-state index contributed by atoms with van der Waals surface area (Å²) in [5, 5.41) is 21.3. The lowest BCUT2D eigenvalue weighted by Gasteiger charge is -2.29. The molecule has 0 bridgehead atoms. The van der Waals surface area contributed by atoms with Gasteiger partial charge in [0.2, 0.25) is 0 Å². The van der Waals surface area contributed by atoms with Gasteiger partial charge in [-0.1, -0.05) is 12.1 Å². The van der Waals surface area contributed by atoms with E-state index in [1.165, 1.54) is 44.2 Å². The average Bonchev–Trinajstić information content (AvgIpc) is 3.38. The molecule has 4 N–H and O–H groups in total. The second kappa shape index (κ2) is 6.12. The maximum atomic E-state index is 15.0. The molecule has 3 rings (SSSR count). The van der Waals surface area contributed by atoms with Gasteiger partial charge in [0.1, 0.15) is 17.1 Å². The minimum Gasteiger partial charge on any atom is -0.386 e. The number of aliphatic hydroxyl groups is 2. The third-order valence-electron chi connectivity index (χ3n) is 4.72. The van der Waals surface area contributed by atoms with Gasteiger partial charge < -0.3 is 15.9 Å². The minimum atomic E-state index is -1.50. The number of pyridine rings is 1. The van der Waals surface area contributed by atoms with Crippen molar-refractivity contribution >= 4 is 0 Å². The predicted molar refractivity (Wildman–Crippen MR) is 90.5 cm³/mol. The largest absolute Gasteiger partial charge is 0.386 e. The van der Waals surface area contributed by atoms with Crippen LogP contribution < -0.4 is 5.73 Å². The Balaban J connectivity index is 2.26. The fourth-order valence-electron chi connectivity index (χ4n) is 3.06. The summed E-state index contributed by atoms with van der Waals surface area (Å²) in [5.74, 6) is -1.31. The summed E-state index contributed by atoms with van der Waals surface area (Å²) in [6.45, 7) is 2.83. The monoisotopic (exact) mass is 348 g/mol. The topological polar surface area (TPSA) is 79.4 Å². The van der Waals surface area contributed by atoms with Crippen LogP contribution in [0.3, 0.4) is 0 Å². The van der Waals surface area contributed by atoms with Crippen LogP contribution in [-0.4, -0.2) is 21.7 Å². The highest BCUT2D eigenvalue weighted by atomic mass is 19.1. The molecule has 1 aromatic heterocycles. The summed E-state index contributed by atoms with van der Waals surface area (Å²) in [7, 11) is 0. The van der Waals surface area contributed by atoms with Gasteiger partial charge in [-0.3, -0.25) is 0 Å². The Morgan fingerprint density at radius 1 is 1.20 bits per heavy atom. The van der Waals surface area contributed by atoms with Crippen molar-refractivity contribution in [3.63, 3.8) is 0 Å². The van der Waals surface area contributed by atoms with E-state index in [-0.39, 0.29) is 35.0 Å². The van der Waals surface area contributed by atoms with Crippen molar-refractivity contribution in [3.05, 3.63) is 53.2 Å². The van der Waals surface area contributed by atoms with Gasteiger partial charge in [-0.2, -0.15) is 0 Å². The molecule has 1 fully saturated rings. The van der Waals surface area contributed by atoms with Crippen LogP contribution in [0.5, 0.6) is 0 Å². The minimum absolute atomic E-state index is 0.00992. The van der Waals surface area contributed by atoms with Crippen molar-refractivity contribution in [2.45, 2.75) is 37.9 Å². The van der Waals surface area contributed by atoms with Crippen molar-refractivity contribution in [3.8, 4) is 11.3 Å². The molecule has 1 aliphatic rings. The molecule has 1 aliphatic carbocycles. The molecule has 0 unspecified atom stereocenters. The van der Waals surface area contributed by atoms with Crippen molar-refractivity contribution < 1.29 is 19.0 Å². The molecule has 0 aliphatic heterocycles. The van der Waals surface area contributed by atoms with Gasteiger partial charge in [-0.25, -0.2) is 13.8 Å². The SMILES string of the molecule is CC(C)(O)c1cc([C@@](O)(CN)C2CC2)nc(-c2cccc(F)c2)c1F. The lowest BCUT2D eigenvalue weighted by Crippen LogP contribution is -2.38. The van der Waals surface area contributed by atoms with Crippen molar-refractivity contribution in [2.24, 2.45) is 11.7 Å². The average molecular weight is 348 g/mol. The fraction of sp³-hybridized carbons (Fsp3) is 0.421. The number of hydrogen-bond donors (Lipinski definition) is 3. The second-order valence-electron chi connectivity index (χ2n) is 7.19. The molecule has 1 aromatic carbocycles. The van der Waals surface area contributed by atoms with Gasteiger partial charge in [0.15, 0.2) is 5.82 Å². The molecule has 0 spiro atoms. The van der Waals surface area contributed by atoms with Crippen LogP contribution >= 0.6 is 0 Å². The first-order valence-electron chi connectivity index (χ1n) is 8.29. The normalized spacial score (nSPS) is 17.4. The molecule has 1 atom stereocenters. The van der Waals surface area contributed by atoms with E-state index in [2.05, 4.69) is 4.98 Å². The first-order chi connectivity index (χ1) is 11.7. The molecule has 0 amide bonds. The summed E-state index contributed by atoms with van der Waals surface area (Å²) in [6.07, 6.45) is 1.61. The summed E-state index contributed by atoms with van der Waals surface area (Å²) in [6, 6.07) is 6.77. The fourth-order valence-corrected chi connectivity index (χ4v) is 3.06. The Kier molecular flexibility index (Phi) is 4.39. The third-order valence-corrected chi connectivity index (χ3v) is 4.72. The lowest BCUT2D eigenvalue weighted by atomic mass is 9.88. The summed E-state index contributed by atoms with van der Waals surface area (Å²) < 4.78 is 28.6. The zero-order valence-corrected chi connectivity index (χ0v) is 14.3. The number of nitrogens with two attached hydrogens (primary N) is 1. The van der Waals surface area contributed by atoms with Crippen molar-refractivity contribution in [1.29, 1.82) is 0 Å². The van der Waals surface area contributed by atoms with E-state index in [9.17, 15) is 14.6 Å². The van der Waals surface area contributed by atoms with E-state index < -0.39 is 22.8 Å². The molecule has 134 valence electrons. The Bertz CT molecular complexity index is 800. The molecule has 6 heteroatoms. The van der Waals surface area contributed by atoms with E-state index in [0.29, 0.717) is 0 Å². The van der Waals surface area contributed by atoms with Crippen LogP contribution in [0.4, 0.5) is 8.78 Å². The quantitative estimate of drug-likeness (QED) is 0.776. The first-order valence-corrected chi connectivity index (χ1v) is 8.29. The maximum Gasteiger partial charge on any atom is 0.155 e. The van der Waals surface area contributed by atoms with Gasteiger partial charge in [0.05, 0.1) is 11.3 Å². The van der Waals surface area contributed by atoms with Crippen molar-refractivity contribution in [1.82, 2.24) is 4.98 Å². The summed E-state index contributed by atoms with van der Waals surface area (Å²) >= 11 is 0. The maximum absolute atomic E-state index is 15.0. The van der Waals surface area contributed by atoms with E-state index in [0.717, 1.165) is 12.8 Å². The highest BCUT2D eigenvalue weighted by molar-refractivity contribution is 5.62. The van der Waals surface area contributed by atoms with Crippen LogP contribution in [0.2, 0.25) is 0 Å². The second-order valence-corrected chi connectivity index (χ2v) is 7.19. The standard InChI is InChI=1S/C19H22F2N2O2/c1-18(2,24)14-9-15(19(25,10-22)12-6-7-12)23-17(16(14)21)11-4-3-5-13(20)8-11/h3-5,8-9,12,24-25H,6-7,10,22H2,1-2H3/t19-/m1/s1. The molecule has 25 heavy (non-hydrogen) atoms. The summed E-state index contributed by atoms with van der Waals surface area (Å²) in [4.78, 5) is 4.28. The third kappa shape index (κ3) is 3.29. The number of rotatable bonds is 5. The zero-order valence-electron chi connectivity index (χ0n) is 14.3. The van der Waals surface area contributed by atoms with Gasteiger partial charge >= 0.3 is 0 Å². The lowest BCUT2D eigenvalue weighted by molar-refractivity contribution is 0.0169. The van der Waals surface area contributed by atoms with Gasteiger partial charge in [-0.05, 0) is 50.8 Å². The molecular weight excluding hydrogens is 326 g/mol. The number of hydrogen-bond acceptors (Lipinski definition) is 4. The molecule has 1 saturated carbocycles. The van der Waals surface area contributed by atoms with Crippen molar-refractivity contribution in [2.75, 3.05) is 6.54 Å². The van der Waals surface area contributed by atoms with Gasteiger partial charge in [-0.15, -0.1) is 0 Å². The van der Waals surface area contributed by atoms with E-state index in [1.54, 1.807) is 0 Å². The van der Waals surface area contributed by atoms with E-state index in [1.807, 2.05) is 0 Å². The van der Waals surface area contributed by atoms with Crippen LogP contribution in [-0.2, 0) is 11.2 Å². The number of halogens is 2. The highest BCUT2D eigenvalue weighted by Crippen LogP contribution is 2.46. The van der Waals surface area contributed by atoms with Crippen LogP contribution in [0.25, 0.3) is 11.3 Å². The summed E-state index contributed by atoms with van der Waals surface area (Å²) in [5.41, 5.74) is 3.21. The van der Waals surface area contributed by atoms with Gasteiger partial charge in [0.25, 0.3) is 0 Å². The van der Waals surface area contributed by atoms with Crippen LogP contribution in [0.15, 0.2) is 30.3 Å². The molecular formula is C19H22F2N2O2. The Hall–Kier alpha value is -1.89. The van der Waals surface area contributed by atoms with Crippen LogP contribution in [0, 0.1) is 17.6 Å². The predicted octanol–water partition coefficient (Wildman–Crippen LogP) is 2.81. The number of benzene rings is 1. The van der Waals surface area contributed by atoms with Gasteiger partial charge in [0, 0.05) is 17.7 Å². The molecule has 4 nitrogen and oxygen atoms in total. The Morgan fingerprint density at radius 2 is 1.88 bits per heavy atom. The Morgan fingerprint density at radius 3 is 2.40 bits per heavy atom. The molecule has 0 radical (unpaired) electrons. The molecule has 1 heterocycles. The zero-order chi connectivity index (χ0) is 18.4. The smallest absolute Gasteiger partial charge is 0.155 e. The number of nitrogens with zero attached hydrogens (tertiary/aromatic N) is 1.